The van der Waals surface area contributed by atoms with Crippen molar-refractivity contribution < 1.29 is 19.4 Å². The maximum atomic E-state index is 12.3. The zero-order chi connectivity index (χ0) is 14.9. The minimum absolute atomic E-state index is 0.128. The van der Waals surface area contributed by atoms with Crippen LogP contribution in [0.3, 0.4) is 0 Å². The van der Waals surface area contributed by atoms with E-state index in [0.29, 0.717) is 17.9 Å². The highest BCUT2D eigenvalue weighted by atomic mass is 16.6. The van der Waals surface area contributed by atoms with Gasteiger partial charge in [-0.05, 0) is 39.8 Å². The summed E-state index contributed by atoms with van der Waals surface area (Å²) in [5, 5.41) is 9.94. The standard InChI is InChI=1S/C15H21NO4/c1-10-9-19-13-7-5-6-12(17)11(13)8-16(10)14(18)20-15(2,3)4/h5-7,10,17H,8-9H2,1-4H3. The maximum Gasteiger partial charge on any atom is 0.410 e. The second-order valence-electron chi connectivity index (χ2n) is 6.02. The monoisotopic (exact) mass is 279 g/mol. The summed E-state index contributed by atoms with van der Waals surface area (Å²) in [5.41, 5.74) is 0.0635. The number of aromatic hydroxyl groups is 1. The Balaban J connectivity index is 2.26. The van der Waals surface area contributed by atoms with Crippen LogP contribution in [0.25, 0.3) is 0 Å². The van der Waals surface area contributed by atoms with Gasteiger partial charge >= 0.3 is 6.09 Å². The molecule has 0 radical (unpaired) electrons. The van der Waals surface area contributed by atoms with Crippen molar-refractivity contribution in [3.8, 4) is 11.5 Å². The van der Waals surface area contributed by atoms with Crippen LogP contribution >= 0.6 is 0 Å². The van der Waals surface area contributed by atoms with Crippen molar-refractivity contribution in [1.82, 2.24) is 4.90 Å². The number of fused-ring (bicyclic) bond motifs is 1. The zero-order valence-electron chi connectivity index (χ0n) is 12.3. The SMILES string of the molecule is CC1COc2cccc(O)c2CN1C(=O)OC(C)(C)C. The fourth-order valence-corrected chi connectivity index (χ4v) is 2.04. The fourth-order valence-electron chi connectivity index (χ4n) is 2.04. The van der Waals surface area contributed by atoms with Crippen molar-refractivity contribution in [2.24, 2.45) is 0 Å². The van der Waals surface area contributed by atoms with Crippen molar-refractivity contribution in [2.45, 2.75) is 45.9 Å². The van der Waals surface area contributed by atoms with Gasteiger partial charge in [0.1, 0.15) is 23.7 Å². The van der Waals surface area contributed by atoms with E-state index in [0.717, 1.165) is 0 Å². The highest BCUT2D eigenvalue weighted by Gasteiger charge is 2.30. The number of amides is 1. The van der Waals surface area contributed by atoms with E-state index in [1.807, 2.05) is 27.7 Å². The first kappa shape index (κ1) is 14.5. The summed E-state index contributed by atoms with van der Waals surface area (Å²) in [6.45, 7) is 8.03. The van der Waals surface area contributed by atoms with Crippen LogP contribution in [-0.2, 0) is 11.3 Å². The van der Waals surface area contributed by atoms with Crippen molar-refractivity contribution in [3.05, 3.63) is 23.8 Å². The number of nitrogens with zero attached hydrogens (tertiary/aromatic N) is 1. The molecule has 0 bridgehead atoms. The lowest BCUT2D eigenvalue weighted by Gasteiger charge is -2.29. The molecule has 2 rings (SSSR count). The van der Waals surface area contributed by atoms with Gasteiger partial charge in [-0.3, -0.25) is 4.90 Å². The van der Waals surface area contributed by atoms with E-state index in [2.05, 4.69) is 0 Å². The number of phenolic OH excluding ortho intramolecular Hbond substituents is 1. The molecule has 0 aliphatic carbocycles. The predicted molar refractivity (Wildman–Crippen MR) is 74.8 cm³/mol. The summed E-state index contributed by atoms with van der Waals surface area (Å²) in [7, 11) is 0. The molecule has 0 saturated heterocycles. The number of carbonyl (C=O) groups excluding carboxylic acids is 1. The summed E-state index contributed by atoms with van der Waals surface area (Å²) in [6, 6.07) is 4.98. The number of rotatable bonds is 0. The summed E-state index contributed by atoms with van der Waals surface area (Å²) in [4.78, 5) is 13.8. The minimum atomic E-state index is -0.550. The topological polar surface area (TPSA) is 59.0 Å². The van der Waals surface area contributed by atoms with Gasteiger partial charge in [0.15, 0.2) is 0 Å². The van der Waals surface area contributed by atoms with Crippen LogP contribution in [-0.4, -0.2) is 34.3 Å². The number of phenols is 1. The van der Waals surface area contributed by atoms with E-state index in [1.54, 1.807) is 23.1 Å². The molecule has 5 nitrogen and oxygen atoms in total. The average Bonchev–Trinajstić information content (AvgIpc) is 2.48. The Morgan fingerprint density at radius 2 is 2.15 bits per heavy atom. The lowest BCUT2D eigenvalue weighted by molar-refractivity contribution is 0.0132. The molecule has 110 valence electrons. The third-order valence-electron chi connectivity index (χ3n) is 3.08. The van der Waals surface area contributed by atoms with Gasteiger partial charge in [0, 0.05) is 0 Å². The molecule has 0 fully saturated rings. The average molecular weight is 279 g/mol. The van der Waals surface area contributed by atoms with Crippen LogP contribution in [0.1, 0.15) is 33.3 Å². The molecule has 1 atom stereocenters. The molecule has 1 unspecified atom stereocenters. The van der Waals surface area contributed by atoms with Crippen LogP contribution in [0.2, 0.25) is 0 Å². The van der Waals surface area contributed by atoms with Gasteiger partial charge in [-0.15, -0.1) is 0 Å². The Morgan fingerprint density at radius 3 is 2.80 bits per heavy atom. The zero-order valence-corrected chi connectivity index (χ0v) is 12.3. The molecule has 0 spiro atoms. The summed E-state index contributed by atoms with van der Waals surface area (Å²) in [5.74, 6) is 0.744. The molecule has 1 N–H and O–H groups in total. The maximum absolute atomic E-state index is 12.3. The van der Waals surface area contributed by atoms with Gasteiger partial charge in [0.05, 0.1) is 18.2 Å². The van der Waals surface area contributed by atoms with Gasteiger partial charge in [0.25, 0.3) is 0 Å². The summed E-state index contributed by atoms with van der Waals surface area (Å²) >= 11 is 0. The molecule has 1 heterocycles. The Hall–Kier alpha value is -1.91. The molecular weight excluding hydrogens is 258 g/mol. The van der Waals surface area contributed by atoms with Gasteiger partial charge in [-0.25, -0.2) is 4.79 Å². The van der Waals surface area contributed by atoms with Gasteiger partial charge in [-0.2, -0.15) is 0 Å². The van der Waals surface area contributed by atoms with Gasteiger partial charge < -0.3 is 14.6 Å². The van der Waals surface area contributed by atoms with Crippen LogP contribution in [0.15, 0.2) is 18.2 Å². The largest absolute Gasteiger partial charge is 0.507 e. The Labute approximate surface area is 119 Å². The normalized spacial score (nSPS) is 18.8. The number of hydrogen-bond acceptors (Lipinski definition) is 4. The number of ether oxygens (including phenoxy) is 2. The molecule has 1 aliphatic heterocycles. The molecule has 1 aromatic rings. The predicted octanol–water partition coefficient (Wildman–Crippen LogP) is 2.91. The molecule has 1 aliphatic rings. The Bertz CT molecular complexity index is 507. The van der Waals surface area contributed by atoms with Crippen molar-refractivity contribution in [1.29, 1.82) is 0 Å². The van der Waals surface area contributed by atoms with Crippen molar-refractivity contribution in [2.75, 3.05) is 6.61 Å². The van der Waals surface area contributed by atoms with Gasteiger partial charge in [-0.1, -0.05) is 6.07 Å². The lowest BCUT2D eigenvalue weighted by atomic mass is 10.1. The first-order valence-electron chi connectivity index (χ1n) is 6.71. The molecule has 0 aromatic heterocycles. The first-order valence-corrected chi connectivity index (χ1v) is 6.71. The Morgan fingerprint density at radius 1 is 1.45 bits per heavy atom. The minimum Gasteiger partial charge on any atom is -0.507 e. The smallest absolute Gasteiger partial charge is 0.410 e. The van der Waals surface area contributed by atoms with Gasteiger partial charge in [0.2, 0.25) is 0 Å². The van der Waals surface area contributed by atoms with Crippen molar-refractivity contribution in [3.63, 3.8) is 0 Å². The highest BCUT2D eigenvalue weighted by molar-refractivity contribution is 5.69. The third kappa shape index (κ3) is 3.15. The number of carbonyl (C=O) groups is 1. The second-order valence-corrected chi connectivity index (χ2v) is 6.02. The molecule has 0 saturated carbocycles. The fraction of sp³-hybridized carbons (Fsp3) is 0.533. The quantitative estimate of drug-likeness (QED) is 0.793. The molecule has 1 amide bonds. The third-order valence-corrected chi connectivity index (χ3v) is 3.08. The van der Waals surface area contributed by atoms with E-state index in [4.69, 9.17) is 9.47 Å². The van der Waals surface area contributed by atoms with Crippen LogP contribution < -0.4 is 4.74 Å². The van der Waals surface area contributed by atoms with E-state index < -0.39 is 11.7 Å². The van der Waals surface area contributed by atoms with Crippen LogP contribution in [0.4, 0.5) is 4.79 Å². The molecule has 1 aromatic carbocycles. The lowest BCUT2D eigenvalue weighted by Crippen LogP contribution is -2.42. The van der Waals surface area contributed by atoms with E-state index in [1.165, 1.54) is 0 Å². The number of hydrogen-bond donors (Lipinski definition) is 1. The van der Waals surface area contributed by atoms with Crippen molar-refractivity contribution >= 4 is 6.09 Å². The molecular formula is C15H21NO4. The molecule has 5 heteroatoms. The second kappa shape index (κ2) is 5.23. The molecule has 20 heavy (non-hydrogen) atoms. The Kier molecular flexibility index (Phi) is 3.79. The summed E-state index contributed by atoms with van der Waals surface area (Å²) in [6.07, 6.45) is -0.398. The van der Waals surface area contributed by atoms with E-state index >= 15 is 0 Å². The van der Waals surface area contributed by atoms with E-state index in [9.17, 15) is 9.90 Å². The highest BCUT2D eigenvalue weighted by Crippen LogP contribution is 2.32. The number of benzene rings is 1. The van der Waals surface area contributed by atoms with E-state index in [-0.39, 0.29) is 18.3 Å². The van der Waals surface area contributed by atoms with Crippen LogP contribution in [0.5, 0.6) is 11.5 Å². The summed E-state index contributed by atoms with van der Waals surface area (Å²) < 4.78 is 11.1. The van der Waals surface area contributed by atoms with Crippen LogP contribution in [0, 0.1) is 0 Å². The first-order chi connectivity index (χ1) is 9.28.